The number of thiophene rings is 1. The minimum absolute atomic E-state index is 0.113. The lowest BCUT2D eigenvalue weighted by atomic mass is 10.1. The molecule has 0 aliphatic heterocycles. The van der Waals surface area contributed by atoms with Gasteiger partial charge in [0, 0.05) is 22.5 Å². The van der Waals surface area contributed by atoms with Crippen LogP contribution in [0.5, 0.6) is 0 Å². The second-order valence-corrected chi connectivity index (χ2v) is 7.55. The van der Waals surface area contributed by atoms with Gasteiger partial charge in [0.15, 0.2) is 0 Å². The molecule has 3 aromatic rings. The van der Waals surface area contributed by atoms with Gasteiger partial charge in [0.05, 0.1) is 16.8 Å². The van der Waals surface area contributed by atoms with Crippen LogP contribution in [-0.4, -0.2) is 21.0 Å². The minimum Gasteiger partial charge on any atom is -0.362 e. The van der Waals surface area contributed by atoms with Gasteiger partial charge in [-0.3, -0.25) is 0 Å². The van der Waals surface area contributed by atoms with Crippen LogP contribution >= 0.6 is 34.3 Å². The lowest BCUT2D eigenvalue weighted by molar-refractivity contribution is 0.744. The van der Waals surface area contributed by atoms with E-state index in [4.69, 9.17) is 17.3 Å². The SMILES string of the molecule is Cc1c(C[C@H](C)N)sc2c(NCc3nccs3)nc(Cl)nc12. The summed E-state index contributed by atoms with van der Waals surface area (Å²) in [7, 11) is 0. The molecule has 0 unspecified atom stereocenters. The molecule has 0 aromatic carbocycles. The van der Waals surface area contributed by atoms with E-state index in [1.54, 1.807) is 28.9 Å². The second kappa shape index (κ2) is 6.45. The van der Waals surface area contributed by atoms with Crippen LogP contribution in [0.4, 0.5) is 5.82 Å². The second-order valence-electron chi connectivity index (χ2n) is 5.13. The van der Waals surface area contributed by atoms with Crippen molar-refractivity contribution in [1.82, 2.24) is 15.0 Å². The quantitative estimate of drug-likeness (QED) is 0.685. The predicted octanol–water partition coefficient (Wildman–Crippen LogP) is 3.61. The Morgan fingerprint density at radius 2 is 2.23 bits per heavy atom. The first-order chi connectivity index (χ1) is 10.5. The molecule has 0 spiro atoms. The van der Waals surface area contributed by atoms with Gasteiger partial charge in [0.25, 0.3) is 0 Å². The summed E-state index contributed by atoms with van der Waals surface area (Å²) >= 11 is 9.36. The maximum atomic E-state index is 6.08. The Labute approximate surface area is 141 Å². The highest BCUT2D eigenvalue weighted by molar-refractivity contribution is 7.19. The van der Waals surface area contributed by atoms with E-state index in [0.717, 1.165) is 33.0 Å². The standard InChI is InChI=1S/C14H16ClN5S2/c1-7(16)5-9-8(2)11-12(22-9)13(20-14(15)19-11)18-6-10-17-3-4-21-10/h3-4,7H,5-6,16H2,1-2H3,(H,18,19,20)/t7-/m0/s1. The smallest absolute Gasteiger partial charge is 0.224 e. The third-order valence-electron chi connectivity index (χ3n) is 3.23. The first kappa shape index (κ1) is 15.6. The number of anilines is 1. The number of nitrogens with zero attached hydrogens (tertiary/aromatic N) is 3. The monoisotopic (exact) mass is 353 g/mol. The van der Waals surface area contributed by atoms with Gasteiger partial charge in [-0.15, -0.1) is 22.7 Å². The molecule has 1 atom stereocenters. The Balaban J connectivity index is 1.98. The fraction of sp³-hybridized carbons (Fsp3) is 0.357. The van der Waals surface area contributed by atoms with Gasteiger partial charge in [-0.05, 0) is 37.4 Å². The van der Waals surface area contributed by atoms with Crippen molar-refractivity contribution in [2.24, 2.45) is 5.73 Å². The van der Waals surface area contributed by atoms with Gasteiger partial charge in [0.2, 0.25) is 5.28 Å². The molecular formula is C14H16ClN5S2. The van der Waals surface area contributed by atoms with E-state index in [9.17, 15) is 0 Å². The lowest BCUT2D eigenvalue weighted by Crippen LogP contribution is -2.17. The van der Waals surface area contributed by atoms with E-state index < -0.39 is 0 Å². The van der Waals surface area contributed by atoms with Gasteiger partial charge in [-0.1, -0.05) is 0 Å². The largest absolute Gasteiger partial charge is 0.362 e. The van der Waals surface area contributed by atoms with Crippen molar-refractivity contribution in [3.63, 3.8) is 0 Å². The molecule has 3 aromatic heterocycles. The number of hydrogen-bond donors (Lipinski definition) is 2. The molecule has 22 heavy (non-hydrogen) atoms. The molecule has 116 valence electrons. The summed E-state index contributed by atoms with van der Waals surface area (Å²) in [6, 6.07) is 0.113. The van der Waals surface area contributed by atoms with E-state index in [1.807, 2.05) is 12.3 Å². The lowest BCUT2D eigenvalue weighted by Gasteiger charge is -2.05. The van der Waals surface area contributed by atoms with Crippen LogP contribution in [0.1, 0.15) is 22.4 Å². The maximum absolute atomic E-state index is 6.08. The normalized spacial score (nSPS) is 12.7. The number of rotatable bonds is 5. The number of hydrogen-bond acceptors (Lipinski definition) is 7. The van der Waals surface area contributed by atoms with E-state index in [2.05, 4.69) is 27.2 Å². The number of halogens is 1. The van der Waals surface area contributed by atoms with Crippen molar-refractivity contribution in [2.75, 3.05) is 5.32 Å². The highest BCUT2D eigenvalue weighted by atomic mass is 35.5. The maximum Gasteiger partial charge on any atom is 0.224 e. The van der Waals surface area contributed by atoms with Crippen LogP contribution in [0.3, 0.4) is 0 Å². The summed E-state index contributed by atoms with van der Waals surface area (Å²) in [5, 5.41) is 6.53. The van der Waals surface area contributed by atoms with Crippen LogP contribution in [-0.2, 0) is 13.0 Å². The van der Waals surface area contributed by atoms with Gasteiger partial charge in [0.1, 0.15) is 10.8 Å². The number of fused-ring (bicyclic) bond motifs is 1. The molecule has 0 fully saturated rings. The van der Waals surface area contributed by atoms with Gasteiger partial charge >= 0.3 is 0 Å². The van der Waals surface area contributed by atoms with Crippen LogP contribution in [0, 0.1) is 6.92 Å². The number of aryl methyl sites for hydroxylation is 1. The molecule has 0 saturated carbocycles. The molecule has 3 heterocycles. The zero-order valence-corrected chi connectivity index (χ0v) is 14.6. The van der Waals surface area contributed by atoms with E-state index >= 15 is 0 Å². The summed E-state index contributed by atoms with van der Waals surface area (Å²) in [5.41, 5.74) is 7.97. The van der Waals surface area contributed by atoms with Crippen molar-refractivity contribution in [3.05, 3.63) is 32.3 Å². The third-order valence-corrected chi connectivity index (χ3v) is 5.49. The molecule has 3 N–H and O–H groups in total. The molecular weight excluding hydrogens is 338 g/mol. The van der Waals surface area contributed by atoms with E-state index in [1.165, 1.54) is 4.88 Å². The van der Waals surface area contributed by atoms with Crippen LogP contribution in [0.15, 0.2) is 11.6 Å². The first-order valence-corrected chi connectivity index (χ1v) is 8.95. The molecule has 0 saturated heterocycles. The van der Waals surface area contributed by atoms with Crippen LogP contribution in [0.2, 0.25) is 5.28 Å². The minimum atomic E-state index is 0.113. The van der Waals surface area contributed by atoms with Crippen molar-refractivity contribution < 1.29 is 0 Å². The van der Waals surface area contributed by atoms with Crippen molar-refractivity contribution >= 4 is 50.3 Å². The predicted molar refractivity (Wildman–Crippen MR) is 94.0 cm³/mol. The molecule has 0 amide bonds. The van der Waals surface area contributed by atoms with Gasteiger partial charge in [-0.25, -0.2) is 9.97 Å². The first-order valence-electron chi connectivity index (χ1n) is 6.88. The Kier molecular flexibility index (Phi) is 4.58. The summed E-state index contributed by atoms with van der Waals surface area (Å²) in [6.07, 6.45) is 2.62. The molecule has 0 aliphatic rings. The molecule has 8 heteroatoms. The van der Waals surface area contributed by atoms with Crippen LogP contribution in [0.25, 0.3) is 10.2 Å². The Bertz CT molecular complexity index is 782. The third kappa shape index (κ3) is 3.22. The zero-order valence-electron chi connectivity index (χ0n) is 12.3. The van der Waals surface area contributed by atoms with Crippen molar-refractivity contribution in [3.8, 4) is 0 Å². The fourth-order valence-electron chi connectivity index (χ4n) is 2.21. The highest BCUT2D eigenvalue weighted by Crippen LogP contribution is 2.35. The topological polar surface area (TPSA) is 76.7 Å². The molecule has 0 bridgehead atoms. The fourth-order valence-corrected chi connectivity index (χ4v) is 4.29. The summed E-state index contributed by atoms with van der Waals surface area (Å²) in [6.45, 7) is 4.69. The highest BCUT2D eigenvalue weighted by Gasteiger charge is 2.16. The summed E-state index contributed by atoms with van der Waals surface area (Å²) in [5.74, 6) is 0.759. The molecule has 5 nitrogen and oxygen atoms in total. The Hall–Kier alpha value is -1.28. The molecule has 3 rings (SSSR count). The number of nitrogens with one attached hydrogen (secondary N) is 1. The number of aromatic nitrogens is 3. The van der Waals surface area contributed by atoms with Crippen molar-refractivity contribution in [1.29, 1.82) is 0 Å². The Morgan fingerprint density at radius 3 is 2.91 bits per heavy atom. The Morgan fingerprint density at radius 1 is 1.41 bits per heavy atom. The number of nitrogens with two attached hydrogens (primary N) is 1. The average molecular weight is 354 g/mol. The molecule has 0 radical (unpaired) electrons. The van der Waals surface area contributed by atoms with E-state index in [0.29, 0.717) is 6.54 Å². The zero-order chi connectivity index (χ0) is 15.7. The van der Waals surface area contributed by atoms with Gasteiger partial charge < -0.3 is 11.1 Å². The number of thiazole rings is 1. The van der Waals surface area contributed by atoms with E-state index in [-0.39, 0.29) is 11.3 Å². The molecule has 0 aliphatic carbocycles. The van der Waals surface area contributed by atoms with Crippen LogP contribution < -0.4 is 11.1 Å². The van der Waals surface area contributed by atoms with Crippen molar-refractivity contribution in [2.45, 2.75) is 32.9 Å². The summed E-state index contributed by atoms with van der Waals surface area (Å²) in [4.78, 5) is 14.2. The van der Waals surface area contributed by atoms with Gasteiger partial charge in [-0.2, -0.15) is 4.98 Å². The summed E-state index contributed by atoms with van der Waals surface area (Å²) < 4.78 is 1.02. The average Bonchev–Trinajstić information content (AvgIpc) is 3.07.